The molecule has 3 nitrogen and oxygen atoms in total. The van der Waals surface area contributed by atoms with E-state index in [1.807, 2.05) is 25.2 Å². The average Bonchev–Trinajstić information content (AvgIpc) is 2.49. The smallest absolute Gasteiger partial charge is 0.161 e. The standard InChI is InChI=1S/C16H17ClFNO2/c1-19-9-11-4-6-15(16(8-11)20-2)21-10-12-3-5-14(18)13(17)7-12/h3-8,19H,9-10H2,1-2H3. The maximum absolute atomic E-state index is 13.1. The van der Waals surface area contributed by atoms with Crippen LogP contribution in [0.5, 0.6) is 11.5 Å². The third-order valence-corrected chi connectivity index (χ3v) is 3.28. The van der Waals surface area contributed by atoms with Crippen molar-refractivity contribution in [3.63, 3.8) is 0 Å². The Hall–Kier alpha value is -1.78. The van der Waals surface area contributed by atoms with Gasteiger partial charge in [0, 0.05) is 6.54 Å². The summed E-state index contributed by atoms with van der Waals surface area (Å²) in [6, 6.07) is 10.3. The van der Waals surface area contributed by atoms with E-state index in [1.165, 1.54) is 6.07 Å². The molecule has 0 bridgehead atoms. The molecule has 0 spiro atoms. The van der Waals surface area contributed by atoms with Gasteiger partial charge in [-0.1, -0.05) is 23.7 Å². The van der Waals surface area contributed by atoms with Gasteiger partial charge in [-0.25, -0.2) is 4.39 Å². The van der Waals surface area contributed by atoms with Gasteiger partial charge in [-0.15, -0.1) is 0 Å². The Morgan fingerprint density at radius 2 is 1.86 bits per heavy atom. The van der Waals surface area contributed by atoms with Crippen LogP contribution in [-0.4, -0.2) is 14.2 Å². The molecule has 2 aromatic carbocycles. The molecule has 0 heterocycles. The zero-order valence-electron chi connectivity index (χ0n) is 12.0. The summed E-state index contributed by atoms with van der Waals surface area (Å²) >= 11 is 5.75. The Labute approximate surface area is 128 Å². The largest absolute Gasteiger partial charge is 0.493 e. The molecule has 0 amide bonds. The first-order valence-electron chi connectivity index (χ1n) is 6.52. The quantitative estimate of drug-likeness (QED) is 0.880. The van der Waals surface area contributed by atoms with Crippen LogP contribution in [0.25, 0.3) is 0 Å². The second-order valence-corrected chi connectivity index (χ2v) is 4.96. The van der Waals surface area contributed by atoms with E-state index >= 15 is 0 Å². The predicted octanol–water partition coefficient (Wildman–Crippen LogP) is 3.79. The second-order valence-electron chi connectivity index (χ2n) is 4.55. The van der Waals surface area contributed by atoms with Crippen molar-refractivity contribution in [2.75, 3.05) is 14.2 Å². The summed E-state index contributed by atoms with van der Waals surface area (Å²) < 4.78 is 24.1. The van der Waals surface area contributed by atoms with Crippen molar-refractivity contribution >= 4 is 11.6 Å². The third-order valence-electron chi connectivity index (χ3n) is 2.99. The minimum atomic E-state index is -0.436. The molecule has 0 aliphatic carbocycles. The molecule has 0 atom stereocenters. The molecule has 1 N–H and O–H groups in total. The molecule has 112 valence electrons. The topological polar surface area (TPSA) is 30.5 Å². The monoisotopic (exact) mass is 309 g/mol. The molecular formula is C16H17ClFNO2. The van der Waals surface area contributed by atoms with Crippen molar-refractivity contribution in [3.05, 3.63) is 58.4 Å². The summed E-state index contributed by atoms with van der Waals surface area (Å²) in [5.74, 6) is 0.864. The van der Waals surface area contributed by atoms with Gasteiger partial charge in [-0.05, 0) is 42.4 Å². The Morgan fingerprint density at radius 3 is 2.52 bits per heavy atom. The molecular weight excluding hydrogens is 293 g/mol. The molecule has 0 aliphatic rings. The van der Waals surface area contributed by atoms with Crippen LogP contribution in [0.15, 0.2) is 36.4 Å². The highest BCUT2D eigenvalue weighted by Gasteiger charge is 2.07. The fourth-order valence-corrected chi connectivity index (χ4v) is 2.14. The molecule has 2 rings (SSSR count). The third kappa shape index (κ3) is 4.09. The summed E-state index contributed by atoms with van der Waals surface area (Å²) in [5, 5.41) is 3.17. The van der Waals surface area contributed by atoms with Crippen molar-refractivity contribution in [1.82, 2.24) is 5.32 Å². The molecule has 0 aliphatic heterocycles. The number of methoxy groups -OCH3 is 1. The fraction of sp³-hybridized carbons (Fsp3) is 0.250. The van der Waals surface area contributed by atoms with Gasteiger partial charge < -0.3 is 14.8 Å². The minimum Gasteiger partial charge on any atom is -0.493 e. The lowest BCUT2D eigenvalue weighted by Gasteiger charge is -2.12. The summed E-state index contributed by atoms with van der Waals surface area (Å²) in [7, 11) is 3.48. The van der Waals surface area contributed by atoms with Crippen LogP contribution in [0.2, 0.25) is 5.02 Å². The number of hydrogen-bond acceptors (Lipinski definition) is 3. The average molecular weight is 310 g/mol. The molecule has 0 saturated carbocycles. The van der Waals surface area contributed by atoms with Gasteiger partial charge >= 0.3 is 0 Å². The van der Waals surface area contributed by atoms with E-state index < -0.39 is 5.82 Å². The number of benzene rings is 2. The Balaban J connectivity index is 2.10. The maximum atomic E-state index is 13.1. The van der Waals surface area contributed by atoms with Gasteiger partial charge in [0.05, 0.1) is 12.1 Å². The number of ether oxygens (including phenoxy) is 2. The van der Waals surface area contributed by atoms with Crippen molar-refractivity contribution in [3.8, 4) is 11.5 Å². The molecule has 0 saturated heterocycles. The van der Waals surface area contributed by atoms with Gasteiger partial charge in [-0.3, -0.25) is 0 Å². The normalized spacial score (nSPS) is 10.5. The Bertz CT molecular complexity index is 619. The van der Waals surface area contributed by atoms with E-state index in [4.69, 9.17) is 21.1 Å². The molecule has 5 heteroatoms. The van der Waals surface area contributed by atoms with Gasteiger partial charge in [0.15, 0.2) is 11.5 Å². The van der Waals surface area contributed by atoms with Gasteiger partial charge in [0.2, 0.25) is 0 Å². The van der Waals surface area contributed by atoms with E-state index in [-0.39, 0.29) is 5.02 Å². The summed E-state index contributed by atoms with van der Waals surface area (Å²) in [6.45, 7) is 1.05. The SMILES string of the molecule is CNCc1ccc(OCc2ccc(F)c(Cl)c2)c(OC)c1. The van der Waals surface area contributed by atoms with Gasteiger partial charge in [0.25, 0.3) is 0 Å². The highest BCUT2D eigenvalue weighted by atomic mass is 35.5. The lowest BCUT2D eigenvalue weighted by molar-refractivity contribution is 0.284. The zero-order chi connectivity index (χ0) is 15.2. The number of halogens is 2. The molecule has 0 fully saturated rings. The molecule has 0 radical (unpaired) electrons. The van der Waals surface area contributed by atoms with Gasteiger partial charge in [-0.2, -0.15) is 0 Å². The molecule has 0 unspecified atom stereocenters. The maximum Gasteiger partial charge on any atom is 0.161 e. The number of hydrogen-bond donors (Lipinski definition) is 1. The first-order valence-corrected chi connectivity index (χ1v) is 6.90. The van der Waals surface area contributed by atoms with Crippen LogP contribution in [0.1, 0.15) is 11.1 Å². The van der Waals surface area contributed by atoms with E-state index in [9.17, 15) is 4.39 Å². The van der Waals surface area contributed by atoms with Crippen LogP contribution in [0, 0.1) is 5.82 Å². The van der Waals surface area contributed by atoms with E-state index in [0.29, 0.717) is 18.1 Å². The van der Waals surface area contributed by atoms with Crippen LogP contribution >= 0.6 is 11.6 Å². The summed E-state index contributed by atoms with van der Waals surface area (Å²) in [4.78, 5) is 0. The highest BCUT2D eigenvalue weighted by molar-refractivity contribution is 6.30. The second kappa shape index (κ2) is 7.29. The number of rotatable bonds is 6. The van der Waals surface area contributed by atoms with Crippen LogP contribution in [0.3, 0.4) is 0 Å². The van der Waals surface area contributed by atoms with E-state index in [2.05, 4.69) is 5.32 Å². The van der Waals surface area contributed by atoms with Crippen LogP contribution < -0.4 is 14.8 Å². The summed E-state index contributed by atoms with van der Waals surface area (Å²) in [5.41, 5.74) is 1.90. The Morgan fingerprint density at radius 1 is 1.10 bits per heavy atom. The first-order chi connectivity index (χ1) is 10.1. The first kappa shape index (κ1) is 15.6. The van der Waals surface area contributed by atoms with Crippen LogP contribution in [0.4, 0.5) is 4.39 Å². The molecule has 21 heavy (non-hydrogen) atoms. The minimum absolute atomic E-state index is 0.0902. The fourth-order valence-electron chi connectivity index (χ4n) is 1.94. The van der Waals surface area contributed by atoms with Crippen molar-refractivity contribution in [1.29, 1.82) is 0 Å². The van der Waals surface area contributed by atoms with E-state index in [1.54, 1.807) is 19.2 Å². The Kier molecular flexibility index (Phi) is 5.42. The van der Waals surface area contributed by atoms with Crippen molar-refractivity contribution < 1.29 is 13.9 Å². The summed E-state index contributed by atoms with van der Waals surface area (Å²) in [6.07, 6.45) is 0. The van der Waals surface area contributed by atoms with E-state index in [0.717, 1.165) is 17.7 Å². The molecule has 0 aromatic heterocycles. The zero-order valence-corrected chi connectivity index (χ0v) is 12.7. The molecule has 2 aromatic rings. The lowest BCUT2D eigenvalue weighted by atomic mass is 10.2. The number of nitrogens with one attached hydrogen (secondary N) is 1. The van der Waals surface area contributed by atoms with Gasteiger partial charge in [0.1, 0.15) is 12.4 Å². The van der Waals surface area contributed by atoms with Crippen molar-refractivity contribution in [2.45, 2.75) is 13.2 Å². The van der Waals surface area contributed by atoms with Crippen LogP contribution in [-0.2, 0) is 13.2 Å². The predicted molar refractivity (Wildman–Crippen MR) is 81.5 cm³/mol. The highest BCUT2D eigenvalue weighted by Crippen LogP contribution is 2.29. The van der Waals surface area contributed by atoms with Crippen molar-refractivity contribution in [2.24, 2.45) is 0 Å². The lowest BCUT2D eigenvalue weighted by Crippen LogP contribution is -2.05.